The van der Waals surface area contributed by atoms with Gasteiger partial charge in [0.2, 0.25) is 6.79 Å². The molecule has 4 aromatic rings. The number of aromatic nitrogens is 1. The summed E-state index contributed by atoms with van der Waals surface area (Å²) in [6.45, 7) is 9.86. The number of carbonyl (C=O) groups excluding carboxylic acids is 2. The van der Waals surface area contributed by atoms with Crippen LogP contribution >= 0.6 is 11.8 Å². The molecule has 3 aromatic carbocycles. The molecule has 8 heterocycles. The fraction of sp³-hybridized carbons (Fsp3) is 0.419. The number of nitrogens with zero attached hydrogens (tertiary/aromatic N) is 3. The molecule has 1 aromatic heterocycles. The Hall–Kier alpha value is -5.40. The molecule has 0 saturated carbocycles. The number of hydrogen-bond acceptors (Lipinski definition) is 14. The number of piperazine rings is 1. The number of hydrogen-bond donors (Lipinski definition) is 4. The Kier molecular flexibility index (Phi) is 8.47. The Morgan fingerprint density at radius 2 is 1.97 bits per heavy atom. The average Bonchev–Trinajstić information content (AvgIpc) is 3.84. The number of phenolic OH excluding ortho intramolecular Hbond substituents is 2. The van der Waals surface area contributed by atoms with Gasteiger partial charge in [0.1, 0.15) is 24.1 Å². The minimum atomic E-state index is -1.35. The number of esters is 2. The van der Waals surface area contributed by atoms with Gasteiger partial charge in [0.25, 0.3) is 0 Å². The number of H-pyrrole nitrogens is 1. The van der Waals surface area contributed by atoms with E-state index in [1.807, 2.05) is 26.0 Å². The van der Waals surface area contributed by atoms with E-state index in [1.54, 1.807) is 25.3 Å². The van der Waals surface area contributed by atoms with Crippen molar-refractivity contribution in [1.82, 2.24) is 20.1 Å². The molecule has 1 spiro atoms. The molecule has 2 saturated heterocycles. The average molecular weight is 806 g/mol. The minimum absolute atomic E-state index is 0.0356. The van der Waals surface area contributed by atoms with Gasteiger partial charge in [0, 0.05) is 71.0 Å². The molecule has 7 aliphatic rings. The van der Waals surface area contributed by atoms with Crippen molar-refractivity contribution in [2.75, 3.05) is 39.4 Å². The Morgan fingerprint density at radius 3 is 2.72 bits per heavy atom. The van der Waals surface area contributed by atoms with Gasteiger partial charge in [-0.25, -0.2) is 4.79 Å². The number of carbonyl (C=O) groups is 2. The zero-order valence-corrected chi connectivity index (χ0v) is 33.3. The molecule has 0 aliphatic carbocycles. The van der Waals surface area contributed by atoms with Gasteiger partial charge in [-0.05, 0) is 61.6 Å². The monoisotopic (exact) mass is 805 g/mol. The van der Waals surface area contributed by atoms with Crippen molar-refractivity contribution in [2.24, 2.45) is 0 Å². The summed E-state index contributed by atoms with van der Waals surface area (Å²) in [7, 11) is 1.54. The van der Waals surface area contributed by atoms with E-state index in [4.69, 9.17) is 23.7 Å². The summed E-state index contributed by atoms with van der Waals surface area (Å²) >= 11 is 1.50. The molecule has 1 unspecified atom stereocenters. The summed E-state index contributed by atoms with van der Waals surface area (Å²) in [5, 5.41) is 37.8. The number of methoxy groups -OCH3 is 1. The van der Waals surface area contributed by atoms with E-state index < -0.39 is 46.9 Å². The summed E-state index contributed by atoms with van der Waals surface area (Å²) in [5.74, 6) is 0.931. The van der Waals surface area contributed by atoms with Gasteiger partial charge in [-0.15, -0.1) is 18.3 Å². The van der Waals surface area contributed by atoms with Crippen molar-refractivity contribution in [2.45, 2.75) is 74.6 Å². The summed E-state index contributed by atoms with van der Waals surface area (Å²) in [6.07, 6.45) is 2.90. The predicted molar refractivity (Wildman–Crippen MR) is 212 cm³/mol. The summed E-state index contributed by atoms with van der Waals surface area (Å²) in [4.78, 5) is 35.9. The molecular weight excluding hydrogens is 763 g/mol. The van der Waals surface area contributed by atoms with E-state index >= 15 is 0 Å². The van der Waals surface area contributed by atoms with Gasteiger partial charge < -0.3 is 38.9 Å². The van der Waals surface area contributed by atoms with Crippen LogP contribution in [0.5, 0.6) is 34.5 Å². The number of ether oxygens (including phenoxy) is 5. The van der Waals surface area contributed by atoms with Crippen LogP contribution in [0.2, 0.25) is 0 Å². The fourth-order valence-electron chi connectivity index (χ4n) is 10.9. The smallest absolute Gasteiger partial charge is 0.333 e. The molecule has 0 radical (unpaired) electrons. The molecule has 15 heteroatoms. The van der Waals surface area contributed by atoms with E-state index in [-0.39, 0.29) is 36.7 Å². The lowest BCUT2D eigenvalue weighted by Crippen LogP contribution is -2.70. The maximum absolute atomic E-state index is 14.9. The van der Waals surface area contributed by atoms with Crippen LogP contribution in [-0.4, -0.2) is 94.4 Å². The van der Waals surface area contributed by atoms with Gasteiger partial charge in [0.15, 0.2) is 28.5 Å². The van der Waals surface area contributed by atoms with Gasteiger partial charge in [-0.1, -0.05) is 12.1 Å². The Balaban J connectivity index is 1.26. The van der Waals surface area contributed by atoms with Crippen molar-refractivity contribution >= 4 is 34.6 Å². The lowest BCUT2D eigenvalue weighted by atomic mass is 9.71. The lowest BCUT2D eigenvalue weighted by molar-refractivity contribution is -0.157. The molecule has 300 valence electrons. The number of nitrogens with one attached hydrogen (secondary N) is 2. The number of nitriles is 1. The third kappa shape index (κ3) is 4.95. The predicted octanol–water partition coefficient (Wildman–Crippen LogP) is 5.02. The number of aryl methyl sites for hydroxylation is 1. The number of benzene rings is 3. The standard InChI is InChI=1S/C43H43N5O9S/c1-6-11-47-27-13-22-12-19(2)36(53-5)35(51)30(22)33(47)34-40-32-31(39-38(55-18-56-39)20(3)37(32)57-21(4)49)29(48(34)28(27)15-44)16-54-42(52)43(17-58-40)41-24(9-10-45-43)25-14-23(50)7-8-26(25)46-41/h6-8,12,14,27-29,33-34,40,45-46,50-51H,1,9-11,13,16-18H2,2-5H3/t27-,28-,29-,33+,34?,40+,43+/m0/s1. The Bertz CT molecular complexity index is 2510. The van der Waals surface area contributed by atoms with Crippen LogP contribution in [0.4, 0.5) is 0 Å². The molecule has 0 amide bonds. The number of aromatic hydroxyl groups is 2. The summed E-state index contributed by atoms with van der Waals surface area (Å²) in [5.41, 5.74) is 5.36. The molecule has 14 nitrogen and oxygen atoms in total. The Labute approximate surface area is 338 Å². The highest BCUT2D eigenvalue weighted by Gasteiger charge is 2.62. The van der Waals surface area contributed by atoms with Crippen molar-refractivity contribution < 1.29 is 43.5 Å². The van der Waals surface area contributed by atoms with Crippen LogP contribution in [0.25, 0.3) is 10.9 Å². The quantitative estimate of drug-likeness (QED) is 0.123. The molecule has 58 heavy (non-hydrogen) atoms. The van der Waals surface area contributed by atoms with Crippen LogP contribution in [0.15, 0.2) is 36.9 Å². The largest absolute Gasteiger partial charge is 0.508 e. The highest BCUT2D eigenvalue weighted by molar-refractivity contribution is 7.99. The first-order valence-corrected chi connectivity index (χ1v) is 20.5. The molecule has 11 rings (SSSR count). The number of fused-ring (bicyclic) bond motifs is 11. The third-order valence-electron chi connectivity index (χ3n) is 13.0. The lowest BCUT2D eigenvalue weighted by Gasteiger charge is -2.62. The summed E-state index contributed by atoms with van der Waals surface area (Å²) in [6, 6.07) is 6.96. The van der Waals surface area contributed by atoms with Crippen LogP contribution in [0.1, 0.15) is 68.9 Å². The number of aromatic amines is 1. The first kappa shape index (κ1) is 36.9. The van der Waals surface area contributed by atoms with Crippen LogP contribution in [-0.2, 0) is 32.7 Å². The van der Waals surface area contributed by atoms with Gasteiger partial charge in [-0.2, -0.15) is 5.26 Å². The van der Waals surface area contributed by atoms with Crippen molar-refractivity contribution in [1.29, 1.82) is 5.26 Å². The third-order valence-corrected chi connectivity index (χ3v) is 14.5. The maximum atomic E-state index is 14.9. The van der Waals surface area contributed by atoms with Crippen molar-refractivity contribution in [3.8, 4) is 40.6 Å². The van der Waals surface area contributed by atoms with Crippen LogP contribution < -0.4 is 24.3 Å². The zero-order chi connectivity index (χ0) is 40.4. The summed E-state index contributed by atoms with van der Waals surface area (Å²) < 4.78 is 30.8. The first-order valence-electron chi connectivity index (χ1n) is 19.5. The number of thioether (sulfide) groups is 1. The second-order valence-electron chi connectivity index (χ2n) is 15.9. The molecule has 2 fully saturated rings. The first-order chi connectivity index (χ1) is 28.0. The van der Waals surface area contributed by atoms with E-state index in [1.165, 1.54) is 18.7 Å². The molecular formula is C43H43N5O9S. The van der Waals surface area contributed by atoms with Gasteiger partial charge >= 0.3 is 11.9 Å². The van der Waals surface area contributed by atoms with E-state index in [0.717, 1.165) is 27.6 Å². The molecule has 4 bridgehead atoms. The topological polar surface area (TPSA) is 179 Å². The highest BCUT2D eigenvalue weighted by Crippen LogP contribution is 2.65. The number of rotatable bonds is 4. The van der Waals surface area contributed by atoms with E-state index in [2.05, 4.69) is 32.7 Å². The SMILES string of the molecule is C=CCN1[C@@H]2c3c(cc(C)c(OC)c3O)C[C@H]1[C@H](C#N)N1C2[C@@H]2SC[C@]3(NCCc4c3[nH]c3ccc(O)cc43)C(=O)OC[C@H]1c1c3c(c(C)c(OC(C)=O)c12)OCO3. The maximum Gasteiger partial charge on any atom is 0.333 e. The molecule has 7 atom stereocenters. The second kappa shape index (κ2) is 13.3. The fourth-order valence-corrected chi connectivity index (χ4v) is 12.6. The molecule has 4 N–H and O–H groups in total. The van der Waals surface area contributed by atoms with E-state index in [0.29, 0.717) is 76.9 Å². The highest BCUT2D eigenvalue weighted by atomic mass is 32.2. The zero-order valence-electron chi connectivity index (χ0n) is 32.5. The van der Waals surface area contributed by atoms with E-state index in [9.17, 15) is 25.1 Å². The van der Waals surface area contributed by atoms with Gasteiger partial charge in [-0.3, -0.25) is 19.9 Å². The van der Waals surface area contributed by atoms with Gasteiger partial charge in [0.05, 0.1) is 36.2 Å². The number of phenols is 2. The normalized spacial score (nSPS) is 28.2. The van der Waals surface area contributed by atoms with Crippen molar-refractivity contribution in [3.63, 3.8) is 0 Å². The minimum Gasteiger partial charge on any atom is -0.508 e. The Morgan fingerprint density at radius 1 is 1.16 bits per heavy atom. The van der Waals surface area contributed by atoms with Crippen LogP contribution in [0, 0.1) is 25.2 Å². The second-order valence-corrected chi connectivity index (χ2v) is 17.1. The van der Waals surface area contributed by atoms with Crippen LogP contribution in [0.3, 0.4) is 0 Å². The molecule has 7 aliphatic heterocycles. The van der Waals surface area contributed by atoms with Crippen molar-refractivity contribution in [3.05, 3.63) is 81.6 Å².